The van der Waals surface area contributed by atoms with Crippen LogP contribution in [0.25, 0.3) is 10.9 Å². The summed E-state index contributed by atoms with van der Waals surface area (Å²) in [5.74, 6) is -0.594. The average Bonchev–Trinajstić information content (AvgIpc) is 2.39. The van der Waals surface area contributed by atoms with Crippen LogP contribution in [0.1, 0.15) is 22.8 Å². The van der Waals surface area contributed by atoms with Gasteiger partial charge in [0.25, 0.3) is 5.69 Å². The maximum atomic E-state index is 11.7. The molecule has 20 heavy (non-hydrogen) atoms. The molecule has 1 aromatic heterocycles. The fourth-order valence-corrected chi connectivity index (χ4v) is 1.96. The molecule has 0 spiro atoms. The van der Waals surface area contributed by atoms with Crippen molar-refractivity contribution < 1.29 is 14.5 Å². The highest BCUT2D eigenvalue weighted by Crippen LogP contribution is 2.29. The number of nitro benzene ring substituents is 1. The molecule has 0 radical (unpaired) electrons. The van der Waals surface area contributed by atoms with E-state index in [1.807, 2.05) is 0 Å². The van der Waals surface area contributed by atoms with E-state index in [0.717, 1.165) is 0 Å². The molecule has 0 fully saturated rings. The van der Waals surface area contributed by atoms with E-state index in [9.17, 15) is 14.9 Å². The molecule has 0 aliphatic rings. The molecule has 7 nitrogen and oxygen atoms in total. The number of hydrogen-bond donors (Lipinski definition) is 1. The van der Waals surface area contributed by atoms with Gasteiger partial charge >= 0.3 is 5.97 Å². The van der Waals surface area contributed by atoms with Crippen LogP contribution in [0, 0.1) is 17.0 Å². The third-order valence-corrected chi connectivity index (χ3v) is 2.89. The third kappa shape index (κ3) is 2.25. The van der Waals surface area contributed by atoms with E-state index in [0.29, 0.717) is 16.5 Å². The molecule has 1 heterocycles. The molecule has 0 saturated carbocycles. The number of pyridine rings is 1. The van der Waals surface area contributed by atoms with Gasteiger partial charge in [-0.05, 0) is 19.4 Å². The highest BCUT2D eigenvalue weighted by Gasteiger charge is 2.18. The van der Waals surface area contributed by atoms with Gasteiger partial charge in [-0.3, -0.25) is 15.1 Å². The second kappa shape index (κ2) is 5.12. The largest absolute Gasteiger partial charge is 0.462 e. The second-order valence-corrected chi connectivity index (χ2v) is 4.22. The van der Waals surface area contributed by atoms with Crippen molar-refractivity contribution in [3.05, 3.63) is 39.6 Å². The summed E-state index contributed by atoms with van der Waals surface area (Å²) in [7, 11) is 0. The normalized spacial score (nSPS) is 10.5. The third-order valence-electron chi connectivity index (χ3n) is 2.89. The SMILES string of the molecule is CCOC(=O)c1cnc2c(C)cc([N+](=O)[O-])cc2c1N. The number of aromatic nitrogens is 1. The number of anilines is 1. The smallest absolute Gasteiger partial charge is 0.341 e. The lowest BCUT2D eigenvalue weighted by Crippen LogP contribution is -2.09. The van der Waals surface area contributed by atoms with Crippen molar-refractivity contribution in [1.29, 1.82) is 0 Å². The summed E-state index contributed by atoms with van der Waals surface area (Å²) in [6, 6.07) is 2.73. The molecule has 7 heteroatoms. The molecule has 2 aromatic rings. The quantitative estimate of drug-likeness (QED) is 0.522. The van der Waals surface area contributed by atoms with Gasteiger partial charge < -0.3 is 10.5 Å². The Morgan fingerprint density at radius 1 is 1.50 bits per heavy atom. The molecule has 0 aliphatic carbocycles. The predicted molar refractivity (Wildman–Crippen MR) is 73.5 cm³/mol. The van der Waals surface area contributed by atoms with Gasteiger partial charge in [0.15, 0.2) is 0 Å². The molecule has 104 valence electrons. The first-order chi connectivity index (χ1) is 9.45. The van der Waals surface area contributed by atoms with Crippen molar-refractivity contribution in [2.75, 3.05) is 12.3 Å². The van der Waals surface area contributed by atoms with Gasteiger partial charge in [0.05, 0.1) is 22.7 Å². The second-order valence-electron chi connectivity index (χ2n) is 4.22. The Kier molecular flexibility index (Phi) is 3.51. The van der Waals surface area contributed by atoms with Crippen LogP contribution in [0.5, 0.6) is 0 Å². The number of carbonyl (C=O) groups is 1. The summed E-state index contributed by atoms with van der Waals surface area (Å²) >= 11 is 0. The van der Waals surface area contributed by atoms with Crippen LogP contribution in [0.2, 0.25) is 0 Å². The Morgan fingerprint density at radius 2 is 2.20 bits per heavy atom. The summed E-state index contributed by atoms with van der Waals surface area (Å²) in [6.45, 7) is 3.59. The maximum absolute atomic E-state index is 11.7. The number of rotatable bonds is 3. The number of non-ortho nitro benzene ring substituents is 1. The van der Waals surface area contributed by atoms with E-state index >= 15 is 0 Å². The monoisotopic (exact) mass is 275 g/mol. The summed E-state index contributed by atoms with van der Waals surface area (Å²) < 4.78 is 4.87. The average molecular weight is 275 g/mol. The van der Waals surface area contributed by atoms with Gasteiger partial charge in [-0.15, -0.1) is 0 Å². The van der Waals surface area contributed by atoms with Gasteiger partial charge in [-0.1, -0.05) is 0 Å². The van der Waals surface area contributed by atoms with E-state index < -0.39 is 10.9 Å². The summed E-state index contributed by atoms with van der Waals surface area (Å²) in [5.41, 5.74) is 7.23. The first kappa shape index (κ1) is 13.7. The van der Waals surface area contributed by atoms with Crippen molar-refractivity contribution in [1.82, 2.24) is 4.98 Å². The van der Waals surface area contributed by atoms with Crippen molar-refractivity contribution >= 4 is 28.2 Å². The number of nitrogens with zero attached hydrogens (tertiary/aromatic N) is 2. The molecule has 0 amide bonds. The van der Waals surface area contributed by atoms with Crippen molar-refractivity contribution in [3.63, 3.8) is 0 Å². The first-order valence-corrected chi connectivity index (χ1v) is 5.96. The van der Waals surface area contributed by atoms with E-state index in [2.05, 4.69) is 4.98 Å². The van der Waals surface area contributed by atoms with Gasteiger partial charge in [-0.25, -0.2) is 4.79 Å². The van der Waals surface area contributed by atoms with Gasteiger partial charge in [0, 0.05) is 23.7 Å². The van der Waals surface area contributed by atoms with Crippen molar-refractivity contribution in [2.24, 2.45) is 0 Å². The van der Waals surface area contributed by atoms with E-state index in [4.69, 9.17) is 10.5 Å². The number of nitrogens with two attached hydrogens (primary N) is 1. The zero-order valence-electron chi connectivity index (χ0n) is 11.0. The highest BCUT2D eigenvalue weighted by atomic mass is 16.6. The summed E-state index contributed by atoms with van der Waals surface area (Å²) in [6.07, 6.45) is 1.33. The molecular formula is C13H13N3O4. The van der Waals surface area contributed by atoms with Crippen LogP contribution in [-0.2, 0) is 4.74 Å². The van der Waals surface area contributed by atoms with Crippen LogP contribution in [-0.4, -0.2) is 22.5 Å². The molecule has 0 saturated heterocycles. The molecule has 0 atom stereocenters. The maximum Gasteiger partial charge on any atom is 0.341 e. The van der Waals surface area contributed by atoms with Gasteiger partial charge in [-0.2, -0.15) is 0 Å². The van der Waals surface area contributed by atoms with E-state index in [1.165, 1.54) is 18.3 Å². The Morgan fingerprint density at radius 3 is 2.80 bits per heavy atom. The Labute approximate surface area is 114 Å². The molecular weight excluding hydrogens is 262 g/mol. The number of fused-ring (bicyclic) bond motifs is 1. The minimum Gasteiger partial charge on any atom is -0.462 e. The zero-order valence-corrected chi connectivity index (χ0v) is 11.0. The lowest BCUT2D eigenvalue weighted by atomic mass is 10.1. The van der Waals surface area contributed by atoms with Crippen LogP contribution in [0.3, 0.4) is 0 Å². The molecule has 2 N–H and O–H groups in total. The predicted octanol–water partition coefficient (Wildman–Crippen LogP) is 2.21. The Bertz CT molecular complexity index is 712. The Hall–Kier alpha value is -2.70. The zero-order chi connectivity index (χ0) is 14.9. The number of hydrogen-bond acceptors (Lipinski definition) is 6. The minimum atomic E-state index is -0.594. The van der Waals surface area contributed by atoms with Crippen LogP contribution in [0.4, 0.5) is 11.4 Å². The summed E-state index contributed by atoms with van der Waals surface area (Å²) in [5, 5.41) is 11.3. The highest BCUT2D eigenvalue weighted by molar-refractivity contribution is 6.05. The number of benzene rings is 1. The van der Waals surface area contributed by atoms with Crippen LogP contribution >= 0.6 is 0 Å². The molecule has 0 aliphatic heterocycles. The van der Waals surface area contributed by atoms with Crippen LogP contribution < -0.4 is 5.73 Å². The lowest BCUT2D eigenvalue weighted by molar-refractivity contribution is -0.384. The number of ether oxygens (including phenoxy) is 1. The minimum absolute atomic E-state index is 0.0930. The lowest BCUT2D eigenvalue weighted by Gasteiger charge is -2.09. The topological polar surface area (TPSA) is 108 Å². The van der Waals surface area contributed by atoms with E-state index in [-0.39, 0.29) is 23.5 Å². The first-order valence-electron chi connectivity index (χ1n) is 5.96. The van der Waals surface area contributed by atoms with Crippen molar-refractivity contribution in [2.45, 2.75) is 13.8 Å². The number of nitro groups is 1. The number of esters is 1. The Balaban J connectivity index is 2.70. The number of aryl methyl sites for hydroxylation is 1. The number of carbonyl (C=O) groups excluding carboxylic acids is 1. The van der Waals surface area contributed by atoms with Gasteiger partial charge in [0.1, 0.15) is 5.56 Å². The molecule has 2 rings (SSSR count). The molecule has 0 bridgehead atoms. The van der Waals surface area contributed by atoms with Crippen LogP contribution in [0.15, 0.2) is 18.3 Å². The number of nitrogen functional groups attached to an aromatic ring is 1. The van der Waals surface area contributed by atoms with Gasteiger partial charge in [0.2, 0.25) is 0 Å². The standard InChI is InChI=1S/C13H13N3O4/c1-3-20-13(17)10-6-15-12-7(2)4-8(16(18)19)5-9(12)11(10)14/h4-6H,3H2,1-2H3,(H2,14,15). The molecule has 0 unspecified atom stereocenters. The van der Waals surface area contributed by atoms with E-state index in [1.54, 1.807) is 13.8 Å². The fourth-order valence-electron chi connectivity index (χ4n) is 1.96. The van der Waals surface area contributed by atoms with Crippen molar-refractivity contribution in [3.8, 4) is 0 Å². The molecule has 1 aromatic carbocycles. The fraction of sp³-hybridized carbons (Fsp3) is 0.231. The summed E-state index contributed by atoms with van der Waals surface area (Å²) in [4.78, 5) is 26.2.